The maximum atomic E-state index is 4.57. The molecule has 3 aromatic rings. The largest absolute Gasteiger partial charge is 0.353 e. The third-order valence-corrected chi connectivity index (χ3v) is 4.06. The SMILES string of the molecule is Cc1cnn(C2CCN(c3nccn4nc(C)cc34)C2)c1. The summed E-state index contributed by atoms with van der Waals surface area (Å²) in [4.78, 5) is 6.90. The first kappa shape index (κ1) is 12.4. The molecule has 6 nitrogen and oxygen atoms in total. The summed E-state index contributed by atoms with van der Waals surface area (Å²) in [6, 6.07) is 2.51. The van der Waals surface area contributed by atoms with Gasteiger partial charge in [0.2, 0.25) is 0 Å². The number of hydrogen-bond acceptors (Lipinski definition) is 4. The highest BCUT2D eigenvalue weighted by molar-refractivity contribution is 5.69. The Hall–Kier alpha value is -2.37. The third-order valence-electron chi connectivity index (χ3n) is 4.06. The van der Waals surface area contributed by atoms with Crippen LogP contribution in [0.4, 0.5) is 5.82 Å². The Labute approximate surface area is 123 Å². The van der Waals surface area contributed by atoms with Gasteiger partial charge in [0.1, 0.15) is 5.52 Å². The van der Waals surface area contributed by atoms with Crippen LogP contribution < -0.4 is 4.90 Å². The Kier molecular flexibility index (Phi) is 2.70. The number of aryl methyl sites for hydroxylation is 2. The van der Waals surface area contributed by atoms with Crippen LogP contribution in [0.5, 0.6) is 0 Å². The summed E-state index contributed by atoms with van der Waals surface area (Å²) in [5.74, 6) is 1.02. The summed E-state index contributed by atoms with van der Waals surface area (Å²) in [6.07, 6.45) is 8.85. The van der Waals surface area contributed by atoms with Crippen molar-refractivity contribution in [3.05, 3.63) is 42.1 Å². The fourth-order valence-corrected chi connectivity index (χ4v) is 3.06. The van der Waals surface area contributed by atoms with E-state index in [0.717, 1.165) is 36.5 Å². The molecule has 0 amide bonds. The summed E-state index contributed by atoms with van der Waals surface area (Å²) in [6.45, 7) is 6.03. The number of nitrogens with zero attached hydrogens (tertiary/aromatic N) is 6. The molecule has 0 N–H and O–H groups in total. The molecular weight excluding hydrogens is 264 g/mol. The molecule has 108 valence electrons. The van der Waals surface area contributed by atoms with E-state index in [4.69, 9.17) is 0 Å². The van der Waals surface area contributed by atoms with Gasteiger partial charge in [0, 0.05) is 31.7 Å². The van der Waals surface area contributed by atoms with Gasteiger partial charge < -0.3 is 4.90 Å². The molecule has 1 aliphatic rings. The van der Waals surface area contributed by atoms with Gasteiger partial charge in [-0.1, -0.05) is 0 Å². The Bertz CT molecular complexity index is 786. The van der Waals surface area contributed by atoms with Gasteiger partial charge in [0.15, 0.2) is 5.82 Å². The van der Waals surface area contributed by atoms with Crippen molar-refractivity contribution < 1.29 is 0 Å². The fourth-order valence-electron chi connectivity index (χ4n) is 3.06. The van der Waals surface area contributed by atoms with Gasteiger partial charge in [-0.05, 0) is 31.9 Å². The molecule has 4 heterocycles. The summed E-state index contributed by atoms with van der Waals surface area (Å²) in [5.41, 5.74) is 3.30. The standard InChI is InChI=1S/C15H18N6/c1-11-8-17-21(9-11)13-3-5-19(10-13)15-14-7-12(2)18-20(14)6-4-16-15/h4,6-9,13H,3,5,10H2,1-2H3. The number of anilines is 1. The quantitative estimate of drug-likeness (QED) is 0.721. The second-order valence-electron chi connectivity index (χ2n) is 5.75. The number of aromatic nitrogens is 5. The van der Waals surface area contributed by atoms with Crippen molar-refractivity contribution in [2.45, 2.75) is 26.3 Å². The van der Waals surface area contributed by atoms with Crippen molar-refractivity contribution in [3.8, 4) is 0 Å². The minimum Gasteiger partial charge on any atom is -0.353 e. The van der Waals surface area contributed by atoms with Crippen molar-refractivity contribution in [1.82, 2.24) is 24.4 Å². The van der Waals surface area contributed by atoms with Crippen molar-refractivity contribution >= 4 is 11.3 Å². The van der Waals surface area contributed by atoms with Crippen LogP contribution in [-0.4, -0.2) is 37.5 Å². The molecule has 0 spiro atoms. The van der Waals surface area contributed by atoms with Crippen molar-refractivity contribution in [3.63, 3.8) is 0 Å². The Morgan fingerprint density at radius 3 is 3.00 bits per heavy atom. The van der Waals surface area contributed by atoms with Crippen LogP contribution in [0.3, 0.4) is 0 Å². The van der Waals surface area contributed by atoms with Gasteiger partial charge in [0.05, 0.1) is 17.9 Å². The maximum absolute atomic E-state index is 4.57. The molecule has 0 bridgehead atoms. The molecule has 1 unspecified atom stereocenters. The summed E-state index contributed by atoms with van der Waals surface area (Å²) in [7, 11) is 0. The zero-order valence-electron chi connectivity index (χ0n) is 12.3. The number of fused-ring (bicyclic) bond motifs is 1. The molecule has 0 aromatic carbocycles. The van der Waals surface area contributed by atoms with Crippen LogP contribution >= 0.6 is 0 Å². The van der Waals surface area contributed by atoms with E-state index in [2.05, 4.69) is 44.0 Å². The van der Waals surface area contributed by atoms with Crippen LogP contribution in [0.1, 0.15) is 23.7 Å². The molecule has 0 aliphatic carbocycles. The van der Waals surface area contributed by atoms with E-state index in [1.807, 2.05) is 30.0 Å². The summed E-state index contributed by atoms with van der Waals surface area (Å²) >= 11 is 0. The second-order valence-corrected chi connectivity index (χ2v) is 5.75. The van der Waals surface area contributed by atoms with Crippen molar-refractivity contribution in [1.29, 1.82) is 0 Å². The van der Waals surface area contributed by atoms with Crippen molar-refractivity contribution in [2.24, 2.45) is 0 Å². The molecule has 1 atom stereocenters. The van der Waals surface area contributed by atoms with E-state index in [9.17, 15) is 0 Å². The predicted molar refractivity (Wildman–Crippen MR) is 80.6 cm³/mol. The Balaban J connectivity index is 1.65. The normalized spacial score (nSPS) is 18.8. The van der Waals surface area contributed by atoms with Crippen LogP contribution in [0.15, 0.2) is 30.9 Å². The second kappa shape index (κ2) is 4.58. The average Bonchev–Trinajstić information content (AvgIpc) is 3.15. The Morgan fingerprint density at radius 1 is 1.29 bits per heavy atom. The third kappa shape index (κ3) is 2.07. The highest BCUT2D eigenvalue weighted by Crippen LogP contribution is 2.28. The molecule has 1 saturated heterocycles. The molecule has 1 fully saturated rings. The topological polar surface area (TPSA) is 51.2 Å². The lowest BCUT2D eigenvalue weighted by Crippen LogP contribution is -2.22. The molecule has 3 aromatic heterocycles. The van der Waals surface area contributed by atoms with Crippen LogP contribution in [-0.2, 0) is 0 Å². The first-order valence-corrected chi connectivity index (χ1v) is 7.27. The monoisotopic (exact) mass is 282 g/mol. The van der Waals surface area contributed by atoms with Crippen molar-refractivity contribution in [2.75, 3.05) is 18.0 Å². The maximum Gasteiger partial charge on any atom is 0.154 e. The average molecular weight is 282 g/mol. The van der Waals surface area contributed by atoms with Gasteiger partial charge in [-0.2, -0.15) is 10.2 Å². The predicted octanol–water partition coefficient (Wildman–Crippen LogP) is 1.99. The minimum atomic E-state index is 0.421. The highest BCUT2D eigenvalue weighted by atomic mass is 15.3. The number of hydrogen-bond donors (Lipinski definition) is 0. The van der Waals surface area contributed by atoms with E-state index in [-0.39, 0.29) is 0 Å². The first-order chi connectivity index (χ1) is 10.2. The summed E-state index contributed by atoms with van der Waals surface area (Å²) in [5, 5.41) is 8.90. The van der Waals surface area contributed by atoms with E-state index in [1.165, 1.54) is 5.56 Å². The highest BCUT2D eigenvalue weighted by Gasteiger charge is 2.26. The lowest BCUT2D eigenvalue weighted by molar-refractivity contribution is 0.494. The van der Waals surface area contributed by atoms with Crippen LogP contribution in [0.25, 0.3) is 5.52 Å². The molecule has 0 saturated carbocycles. The van der Waals surface area contributed by atoms with Gasteiger partial charge in [-0.3, -0.25) is 4.68 Å². The smallest absolute Gasteiger partial charge is 0.154 e. The van der Waals surface area contributed by atoms with Gasteiger partial charge in [0.25, 0.3) is 0 Å². The Morgan fingerprint density at radius 2 is 2.19 bits per heavy atom. The molecule has 6 heteroatoms. The summed E-state index contributed by atoms with van der Waals surface area (Å²) < 4.78 is 3.99. The zero-order chi connectivity index (χ0) is 14.4. The molecule has 1 aliphatic heterocycles. The van der Waals surface area contributed by atoms with E-state index in [0.29, 0.717) is 6.04 Å². The molecule has 21 heavy (non-hydrogen) atoms. The van der Waals surface area contributed by atoms with E-state index in [1.54, 1.807) is 0 Å². The molecule has 4 rings (SSSR count). The lowest BCUT2D eigenvalue weighted by atomic mass is 10.3. The van der Waals surface area contributed by atoms with Gasteiger partial charge >= 0.3 is 0 Å². The molecule has 0 radical (unpaired) electrons. The van der Waals surface area contributed by atoms with E-state index < -0.39 is 0 Å². The minimum absolute atomic E-state index is 0.421. The lowest BCUT2D eigenvalue weighted by Gasteiger charge is -2.18. The zero-order valence-corrected chi connectivity index (χ0v) is 12.3. The van der Waals surface area contributed by atoms with Gasteiger partial charge in [-0.25, -0.2) is 9.50 Å². The van der Waals surface area contributed by atoms with E-state index >= 15 is 0 Å². The van der Waals surface area contributed by atoms with Crippen LogP contribution in [0, 0.1) is 13.8 Å². The van der Waals surface area contributed by atoms with Crippen LogP contribution in [0.2, 0.25) is 0 Å². The van der Waals surface area contributed by atoms with Gasteiger partial charge in [-0.15, -0.1) is 0 Å². The molecular formula is C15H18N6. The fraction of sp³-hybridized carbons (Fsp3) is 0.400. The first-order valence-electron chi connectivity index (χ1n) is 7.27. The number of rotatable bonds is 2.